The molecule has 3 nitrogen and oxygen atoms in total. The Morgan fingerprint density at radius 3 is 2.82 bits per heavy atom. The van der Waals surface area contributed by atoms with E-state index < -0.39 is 11.9 Å². The van der Waals surface area contributed by atoms with Crippen molar-refractivity contribution in [2.24, 2.45) is 0 Å². The predicted molar refractivity (Wildman–Crippen MR) is 60.8 cm³/mol. The molecule has 2 rings (SSSR count). The van der Waals surface area contributed by atoms with E-state index in [-0.39, 0.29) is 17.0 Å². The Hall–Kier alpha value is -1.56. The Morgan fingerprint density at radius 1 is 1.53 bits per heavy atom. The summed E-state index contributed by atoms with van der Waals surface area (Å²) in [5.74, 6) is -4.03. The van der Waals surface area contributed by atoms with E-state index in [0.29, 0.717) is 10.2 Å². The third-order valence-corrected chi connectivity index (χ3v) is 3.52. The highest BCUT2D eigenvalue weighted by Gasteiger charge is 2.33. The van der Waals surface area contributed by atoms with Crippen LogP contribution < -0.4 is 0 Å². The number of fused-ring (bicyclic) bond motifs is 1. The van der Waals surface area contributed by atoms with Gasteiger partial charge in [-0.05, 0) is 18.2 Å². The van der Waals surface area contributed by atoms with Gasteiger partial charge in [-0.1, -0.05) is 6.92 Å². The molecule has 0 radical (unpaired) electrons. The zero-order valence-corrected chi connectivity index (χ0v) is 9.72. The highest BCUT2D eigenvalue weighted by atomic mass is 32.1. The minimum absolute atomic E-state index is 0.0764. The number of hydrogen-bond donors (Lipinski definition) is 1. The second-order valence-electron chi connectivity index (χ2n) is 3.56. The number of aromatic nitrogens is 1. The molecular formula is C11H9F2NO2S. The lowest BCUT2D eigenvalue weighted by molar-refractivity contribution is -0.00828. The molecule has 6 heteroatoms. The number of rotatable bonds is 3. The first-order valence-corrected chi connectivity index (χ1v) is 5.78. The lowest BCUT2D eigenvalue weighted by atomic mass is 10.2. The summed E-state index contributed by atoms with van der Waals surface area (Å²) in [4.78, 5) is 14.6. The van der Waals surface area contributed by atoms with Crippen molar-refractivity contribution >= 4 is 27.5 Å². The zero-order chi connectivity index (χ0) is 12.6. The molecular weight excluding hydrogens is 248 g/mol. The minimum atomic E-state index is -2.95. The van der Waals surface area contributed by atoms with Gasteiger partial charge in [-0.3, -0.25) is 0 Å². The number of thiazole rings is 1. The monoisotopic (exact) mass is 257 g/mol. The first kappa shape index (κ1) is 11.9. The van der Waals surface area contributed by atoms with E-state index in [0.717, 1.165) is 11.3 Å². The summed E-state index contributed by atoms with van der Waals surface area (Å²) in [5.41, 5.74) is 0.482. The van der Waals surface area contributed by atoms with Gasteiger partial charge in [0.25, 0.3) is 5.92 Å². The predicted octanol–water partition coefficient (Wildman–Crippen LogP) is 3.50. The van der Waals surface area contributed by atoms with E-state index in [9.17, 15) is 13.6 Å². The van der Waals surface area contributed by atoms with Crippen LogP contribution in [0.5, 0.6) is 0 Å². The van der Waals surface area contributed by atoms with Crippen molar-refractivity contribution in [1.82, 2.24) is 4.98 Å². The summed E-state index contributed by atoms with van der Waals surface area (Å²) in [6, 6.07) is 4.17. The molecule has 0 atom stereocenters. The van der Waals surface area contributed by atoms with Crippen LogP contribution in [-0.4, -0.2) is 16.1 Å². The van der Waals surface area contributed by atoms with Crippen LogP contribution in [0.3, 0.4) is 0 Å². The Bertz CT molecular complexity index is 580. The Labute approximate surface area is 99.7 Å². The standard InChI is InChI=1S/C11H9F2NO2S/c1-2-11(12,13)10-14-7-4-3-6(9(15)16)5-8(7)17-10/h3-5H,2H2,1H3,(H,15,16). The average molecular weight is 257 g/mol. The second kappa shape index (κ2) is 4.03. The fraction of sp³-hybridized carbons (Fsp3) is 0.273. The number of alkyl halides is 2. The maximum atomic E-state index is 13.4. The molecule has 0 fully saturated rings. The quantitative estimate of drug-likeness (QED) is 0.915. The second-order valence-corrected chi connectivity index (χ2v) is 4.60. The molecule has 0 saturated heterocycles. The minimum Gasteiger partial charge on any atom is -0.478 e. The van der Waals surface area contributed by atoms with Crippen LogP contribution in [0.15, 0.2) is 18.2 Å². The van der Waals surface area contributed by atoms with Crippen LogP contribution in [0, 0.1) is 0 Å². The van der Waals surface area contributed by atoms with Gasteiger partial charge in [-0.15, -0.1) is 11.3 Å². The fourth-order valence-electron chi connectivity index (χ4n) is 1.37. The third kappa shape index (κ3) is 2.12. The van der Waals surface area contributed by atoms with Crippen LogP contribution in [-0.2, 0) is 5.92 Å². The number of nitrogens with zero attached hydrogens (tertiary/aromatic N) is 1. The van der Waals surface area contributed by atoms with Crippen molar-refractivity contribution in [3.05, 3.63) is 28.8 Å². The van der Waals surface area contributed by atoms with Gasteiger partial charge in [-0.2, -0.15) is 8.78 Å². The Kier molecular flexibility index (Phi) is 2.82. The summed E-state index contributed by atoms with van der Waals surface area (Å²) in [6.45, 7) is 1.38. The first-order valence-electron chi connectivity index (χ1n) is 4.96. The van der Waals surface area contributed by atoms with Gasteiger partial charge in [0.05, 0.1) is 15.8 Å². The van der Waals surface area contributed by atoms with E-state index >= 15 is 0 Å². The number of halogens is 2. The number of hydrogen-bond acceptors (Lipinski definition) is 3. The smallest absolute Gasteiger partial charge is 0.335 e. The van der Waals surface area contributed by atoms with E-state index in [4.69, 9.17) is 5.11 Å². The van der Waals surface area contributed by atoms with E-state index in [1.807, 2.05) is 0 Å². The van der Waals surface area contributed by atoms with Crippen LogP contribution >= 0.6 is 11.3 Å². The van der Waals surface area contributed by atoms with Crippen molar-refractivity contribution in [1.29, 1.82) is 0 Å². The molecule has 1 heterocycles. The maximum Gasteiger partial charge on any atom is 0.335 e. The van der Waals surface area contributed by atoms with E-state index in [1.165, 1.54) is 25.1 Å². The van der Waals surface area contributed by atoms with Crippen LogP contribution in [0.1, 0.15) is 28.7 Å². The molecule has 0 unspecified atom stereocenters. The van der Waals surface area contributed by atoms with E-state index in [2.05, 4.69) is 4.98 Å². The summed E-state index contributed by atoms with van der Waals surface area (Å²) < 4.78 is 27.3. The molecule has 0 amide bonds. The van der Waals surface area contributed by atoms with Crippen LogP contribution in [0.2, 0.25) is 0 Å². The molecule has 17 heavy (non-hydrogen) atoms. The highest BCUT2D eigenvalue weighted by molar-refractivity contribution is 7.18. The largest absolute Gasteiger partial charge is 0.478 e. The molecule has 0 aliphatic heterocycles. The van der Waals surface area contributed by atoms with Gasteiger partial charge in [0.2, 0.25) is 0 Å². The van der Waals surface area contributed by atoms with Crippen LogP contribution in [0.25, 0.3) is 10.2 Å². The first-order chi connectivity index (χ1) is 7.94. The molecule has 0 aliphatic carbocycles. The summed E-state index contributed by atoms with van der Waals surface area (Å²) in [6.07, 6.45) is -0.321. The SMILES string of the molecule is CCC(F)(F)c1nc2ccc(C(=O)O)cc2s1. The number of benzene rings is 1. The average Bonchev–Trinajstić information content (AvgIpc) is 2.72. The number of carbonyl (C=O) groups is 1. The zero-order valence-electron chi connectivity index (χ0n) is 8.91. The van der Waals surface area contributed by atoms with Crippen molar-refractivity contribution < 1.29 is 18.7 Å². The molecule has 0 saturated carbocycles. The normalized spacial score (nSPS) is 11.9. The van der Waals surface area contributed by atoms with Crippen molar-refractivity contribution in [3.63, 3.8) is 0 Å². The van der Waals surface area contributed by atoms with Gasteiger partial charge in [0, 0.05) is 6.42 Å². The fourth-order valence-corrected chi connectivity index (χ4v) is 2.42. The van der Waals surface area contributed by atoms with Crippen molar-refractivity contribution in [2.45, 2.75) is 19.3 Å². The molecule has 2 aromatic rings. The summed E-state index contributed by atoms with van der Waals surface area (Å²) in [7, 11) is 0. The van der Waals surface area contributed by atoms with Crippen molar-refractivity contribution in [2.75, 3.05) is 0 Å². The van der Waals surface area contributed by atoms with Gasteiger partial charge in [0.15, 0.2) is 5.01 Å². The lowest BCUT2D eigenvalue weighted by Gasteiger charge is -2.08. The number of aromatic carboxylic acids is 1. The highest BCUT2D eigenvalue weighted by Crippen LogP contribution is 2.36. The molecule has 0 bridgehead atoms. The van der Waals surface area contributed by atoms with Gasteiger partial charge >= 0.3 is 5.97 Å². The number of carboxylic acid groups (broad SMARTS) is 1. The van der Waals surface area contributed by atoms with Gasteiger partial charge in [0.1, 0.15) is 0 Å². The van der Waals surface area contributed by atoms with Gasteiger partial charge in [-0.25, -0.2) is 9.78 Å². The van der Waals surface area contributed by atoms with Crippen molar-refractivity contribution in [3.8, 4) is 0 Å². The van der Waals surface area contributed by atoms with E-state index in [1.54, 1.807) is 0 Å². The summed E-state index contributed by atoms with van der Waals surface area (Å²) >= 11 is 0.836. The number of carboxylic acids is 1. The topological polar surface area (TPSA) is 50.2 Å². The maximum absolute atomic E-state index is 13.4. The molecule has 0 spiro atoms. The molecule has 1 N–H and O–H groups in total. The molecule has 1 aromatic heterocycles. The molecule has 1 aromatic carbocycles. The Balaban J connectivity index is 2.54. The summed E-state index contributed by atoms with van der Waals surface area (Å²) in [5, 5.41) is 8.53. The van der Waals surface area contributed by atoms with Gasteiger partial charge < -0.3 is 5.11 Å². The Morgan fingerprint density at radius 2 is 2.24 bits per heavy atom. The lowest BCUT2D eigenvalue weighted by Crippen LogP contribution is -2.10. The third-order valence-electron chi connectivity index (χ3n) is 2.39. The van der Waals surface area contributed by atoms with Crippen LogP contribution in [0.4, 0.5) is 8.78 Å². The molecule has 0 aliphatic rings. The molecule has 90 valence electrons.